The van der Waals surface area contributed by atoms with Crippen LogP contribution in [0.3, 0.4) is 0 Å². The Morgan fingerprint density at radius 1 is 1.27 bits per heavy atom. The first-order valence-corrected chi connectivity index (χ1v) is 6.94. The van der Waals surface area contributed by atoms with Gasteiger partial charge in [-0.2, -0.15) is 4.98 Å². The Morgan fingerprint density at radius 3 is 2.64 bits per heavy atom. The highest BCUT2D eigenvalue weighted by atomic mass is 16.5. The highest BCUT2D eigenvalue weighted by Crippen LogP contribution is 2.24. The molecule has 2 rings (SSSR count). The second-order valence-corrected chi connectivity index (χ2v) is 4.70. The number of rotatable bonds is 5. The minimum absolute atomic E-state index is 0.152. The SMILES string of the molecule is C=CCC(=O)N1CCCN1C(=O)c1ccc(OC)nc1OC. The van der Waals surface area contributed by atoms with E-state index in [0.29, 0.717) is 24.5 Å². The Kier molecular flexibility index (Phi) is 4.98. The maximum absolute atomic E-state index is 12.7. The summed E-state index contributed by atoms with van der Waals surface area (Å²) in [6.07, 6.45) is 2.46. The second-order valence-electron chi connectivity index (χ2n) is 4.70. The maximum Gasteiger partial charge on any atom is 0.277 e. The van der Waals surface area contributed by atoms with Gasteiger partial charge in [0.1, 0.15) is 5.56 Å². The van der Waals surface area contributed by atoms with E-state index >= 15 is 0 Å². The molecule has 2 heterocycles. The lowest BCUT2D eigenvalue weighted by Crippen LogP contribution is -2.44. The largest absolute Gasteiger partial charge is 0.481 e. The van der Waals surface area contributed by atoms with Crippen LogP contribution >= 0.6 is 0 Å². The Morgan fingerprint density at radius 2 is 2.00 bits per heavy atom. The maximum atomic E-state index is 12.7. The molecule has 1 aliphatic heterocycles. The summed E-state index contributed by atoms with van der Waals surface area (Å²) in [5, 5.41) is 2.88. The Balaban J connectivity index is 2.27. The zero-order chi connectivity index (χ0) is 16.1. The molecule has 1 aromatic rings. The zero-order valence-electron chi connectivity index (χ0n) is 12.7. The molecule has 7 nitrogen and oxygen atoms in total. The van der Waals surface area contributed by atoms with Gasteiger partial charge < -0.3 is 9.47 Å². The van der Waals surface area contributed by atoms with Crippen LogP contribution in [0.1, 0.15) is 23.2 Å². The third-order valence-electron chi connectivity index (χ3n) is 3.34. The number of hydrazine groups is 1. The number of pyridine rings is 1. The first-order valence-electron chi connectivity index (χ1n) is 6.94. The molecule has 0 atom stereocenters. The summed E-state index contributed by atoms with van der Waals surface area (Å²) in [7, 11) is 2.92. The van der Waals surface area contributed by atoms with Gasteiger partial charge in [-0.25, -0.2) is 5.01 Å². The quantitative estimate of drug-likeness (QED) is 0.766. The van der Waals surface area contributed by atoms with Gasteiger partial charge in [-0.05, 0) is 12.5 Å². The first kappa shape index (κ1) is 15.8. The van der Waals surface area contributed by atoms with E-state index in [1.54, 1.807) is 12.1 Å². The first-order chi connectivity index (χ1) is 10.6. The molecule has 0 radical (unpaired) electrons. The van der Waals surface area contributed by atoms with Crippen LogP contribution < -0.4 is 9.47 Å². The van der Waals surface area contributed by atoms with Crippen LogP contribution in [0.25, 0.3) is 0 Å². The molecule has 2 amide bonds. The number of nitrogens with zero attached hydrogens (tertiary/aromatic N) is 3. The van der Waals surface area contributed by atoms with Crippen LogP contribution in [0.15, 0.2) is 24.8 Å². The van der Waals surface area contributed by atoms with Gasteiger partial charge in [0, 0.05) is 25.6 Å². The molecule has 1 fully saturated rings. The van der Waals surface area contributed by atoms with Crippen LogP contribution in [0, 0.1) is 0 Å². The standard InChI is InChI=1S/C15H19N3O4/c1-4-6-13(19)17-9-5-10-18(17)15(20)11-7-8-12(21-2)16-14(11)22-3/h4,7-8H,1,5-6,9-10H2,2-3H3. The predicted molar refractivity (Wildman–Crippen MR) is 79.5 cm³/mol. The normalized spacial score (nSPS) is 13.9. The van der Waals surface area contributed by atoms with E-state index < -0.39 is 0 Å². The summed E-state index contributed by atoms with van der Waals surface area (Å²) in [5.41, 5.74) is 0.293. The van der Waals surface area contributed by atoms with Crippen molar-refractivity contribution < 1.29 is 19.1 Å². The van der Waals surface area contributed by atoms with Gasteiger partial charge in [-0.3, -0.25) is 14.6 Å². The molecule has 1 aliphatic rings. The summed E-state index contributed by atoms with van der Waals surface area (Å²) in [5.74, 6) is 0.0602. The molecule has 0 unspecified atom stereocenters. The van der Waals surface area contributed by atoms with Gasteiger partial charge in [-0.15, -0.1) is 6.58 Å². The molecule has 0 aliphatic carbocycles. The van der Waals surface area contributed by atoms with Gasteiger partial charge in [0.25, 0.3) is 5.91 Å². The number of aromatic nitrogens is 1. The number of carbonyl (C=O) groups is 2. The summed E-state index contributed by atoms with van der Waals surface area (Å²) >= 11 is 0. The number of hydrogen-bond acceptors (Lipinski definition) is 5. The highest BCUT2D eigenvalue weighted by molar-refractivity contribution is 5.97. The highest BCUT2D eigenvalue weighted by Gasteiger charge is 2.32. The van der Waals surface area contributed by atoms with Crippen LogP contribution in [0.2, 0.25) is 0 Å². The van der Waals surface area contributed by atoms with Crippen LogP contribution in [-0.4, -0.2) is 54.1 Å². The van der Waals surface area contributed by atoms with E-state index in [-0.39, 0.29) is 24.1 Å². The molecule has 22 heavy (non-hydrogen) atoms. The monoisotopic (exact) mass is 305 g/mol. The van der Waals surface area contributed by atoms with E-state index in [2.05, 4.69) is 11.6 Å². The molecular formula is C15H19N3O4. The van der Waals surface area contributed by atoms with E-state index in [4.69, 9.17) is 9.47 Å². The van der Waals surface area contributed by atoms with Crippen molar-refractivity contribution in [3.8, 4) is 11.8 Å². The number of amides is 2. The van der Waals surface area contributed by atoms with Crippen molar-refractivity contribution in [3.05, 3.63) is 30.4 Å². The number of ether oxygens (including phenoxy) is 2. The van der Waals surface area contributed by atoms with Gasteiger partial charge in [0.2, 0.25) is 17.7 Å². The topological polar surface area (TPSA) is 72.0 Å². The van der Waals surface area contributed by atoms with Crippen molar-refractivity contribution in [1.29, 1.82) is 0 Å². The minimum atomic E-state index is -0.318. The molecule has 7 heteroatoms. The summed E-state index contributed by atoms with van der Waals surface area (Å²) < 4.78 is 10.2. The Hall–Kier alpha value is -2.57. The summed E-state index contributed by atoms with van der Waals surface area (Å²) in [6, 6.07) is 3.17. The van der Waals surface area contributed by atoms with Gasteiger partial charge >= 0.3 is 0 Å². The van der Waals surface area contributed by atoms with Crippen molar-refractivity contribution in [2.45, 2.75) is 12.8 Å². The lowest BCUT2D eigenvalue weighted by atomic mass is 10.2. The number of methoxy groups -OCH3 is 2. The third-order valence-corrected chi connectivity index (χ3v) is 3.34. The van der Waals surface area contributed by atoms with Crippen molar-refractivity contribution in [2.75, 3.05) is 27.3 Å². The van der Waals surface area contributed by atoms with Gasteiger partial charge in [-0.1, -0.05) is 6.08 Å². The Bertz CT molecular complexity index is 588. The minimum Gasteiger partial charge on any atom is -0.481 e. The zero-order valence-corrected chi connectivity index (χ0v) is 12.7. The van der Waals surface area contributed by atoms with Crippen molar-refractivity contribution in [3.63, 3.8) is 0 Å². The molecular weight excluding hydrogens is 286 g/mol. The van der Waals surface area contributed by atoms with Gasteiger partial charge in [0.15, 0.2) is 0 Å². The lowest BCUT2D eigenvalue weighted by molar-refractivity contribution is -0.139. The van der Waals surface area contributed by atoms with E-state index in [9.17, 15) is 9.59 Å². The number of carbonyl (C=O) groups excluding carboxylic acids is 2. The number of hydrogen-bond donors (Lipinski definition) is 0. The fraction of sp³-hybridized carbons (Fsp3) is 0.400. The van der Waals surface area contributed by atoms with Crippen LogP contribution in [-0.2, 0) is 4.79 Å². The Labute approximate surface area is 129 Å². The molecule has 1 saturated heterocycles. The predicted octanol–water partition coefficient (Wildman–Crippen LogP) is 1.26. The average Bonchev–Trinajstić information content (AvgIpc) is 3.03. The second kappa shape index (κ2) is 6.93. The van der Waals surface area contributed by atoms with Crippen molar-refractivity contribution in [2.24, 2.45) is 0 Å². The molecule has 118 valence electrons. The molecule has 1 aromatic heterocycles. The van der Waals surface area contributed by atoms with E-state index in [0.717, 1.165) is 6.42 Å². The van der Waals surface area contributed by atoms with Crippen molar-refractivity contribution in [1.82, 2.24) is 15.0 Å². The third kappa shape index (κ3) is 3.03. The summed E-state index contributed by atoms with van der Waals surface area (Å²) in [4.78, 5) is 28.8. The summed E-state index contributed by atoms with van der Waals surface area (Å²) in [6.45, 7) is 4.55. The van der Waals surface area contributed by atoms with Crippen molar-refractivity contribution >= 4 is 11.8 Å². The average molecular weight is 305 g/mol. The molecule has 0 N–H and O–H groups in total. The lowest BCUT2D eigenvalue weighted by Gasteiger charge is -2.28. The molecule has 0 bridgehead atoms. The molecule has 0 aromatic carbocycles. The smallest absolute Gasteiger partial charge is 0.277 e. The van der Waals surface area contributed by atoms with E-state index in [1.807, 2.05) is 0 Å². The van der Waals surface area contributed by atoms with Crippen LogP contribution in [0.5, 0.6) is 11.8 Å². The molecule has 0 spiro atoms. The molecule has 0 saturated carbocycles. The van der Waals surface area contributed by atoms with Crippen LogP contribution in [0.4, 0.5) is 0 Å². The fourth-order valence-corrected chi connectivity index (χ4v) is 2.31. The van der Waals surface area contributed by atoms with E-state index in [1.165, 1.54) is 30.3 Å². The van der Waals surface area contributed by atoms with Gasteiger partial charge in [0.05, 0.1) is 14.2 Å². The fourth-order valence-electron chi connectivity index (χ4n) is 2.31.